The van der Waals surface area contributed by atoms with E-state index in [1.165, 1.54) is 64.2 Å². The molecule has 0 aliphatic rings. The lowest BCUT2D eigenvalue weighted by molar-refractivity contribution is -0.151. The normalized spacial score (nSPS) is 12.4. The average molecular weight is 397 g/mol. The maximum absolute atomic E-state index is 11.6. The van der Waals surface area contributed by atoms with Crippen LogP contribution in [0.5, 0.6) is 0 Å². The number of carbonyl (C=O) groups is 2. The lowest BCUT2D eigenvalue weighted by Crippen LogP contribution is -2.19. The number of esters is 1. The molecular formula is C24H44O4. The fraction of sp³-hybridized carbons (Fsp3) is 0.833. The first kappa shape index (κ1) is 26.7. The molecule has 28 heavy (non-hydrogen) atoms. The zero-order valence-corrected chi connectivity index (χ0v) is 18.4. The highest BCUT2D eigenvalue weighted by Gasteiger charge is 2.21. The minimum atomic E-state index is -0.884. The number of aliphatic carboxylic acids is 1. The molecule has 0 saturated carbocycles. The Morgan fingerprint density at radius 1 is 0.786 bits per heavy atom. The highest BCUT2D eigenvalue weighted by Crippen LogP contribution is 2.17. The van der Waals surface area contributed by atoms with Gasteiger partial charge in [0.2, 0.25) is 0 Å². The predicted molar refractivity (Wildman–Crippen MR) is 116 cm³/mol. The van der Waals surface area contributed by atoms with Crippen molar-refractivity contribution in [3.8, 4) is 0 Å². The number of hydrogen-bond acceptors (Lipinski definition) is 3. The van der Waals surface area contributed by atoms with Crippen LogP contribution in [-0.4, -0.2) is 23.7 Å². The number of carboxylic acid groups (broad SMARTS) is 1. The molecule has 0 fully saturated rings. The molecule has 1 unspecified atom stereocenters. The SMILES string of the molecule is CCCCCCC/C=C/CCCCCCCCC(CC(=O)OCCC)C(=O)O. The Bertz CT molecular complexity index is 403. The van der Waals surface area contributed by atoms with Crippen molar-refractivity contribution >= 4 is 11.9 Å². The first-order valence-corrected chi connectivity index (χ1v) is 11.6. The van der Waals surface area contributed by atoms with E-state index in [1.807, 2.05) is 6.92 Å². The van der Waals surface area contributed by atoms with E-state index in [-0.39, 0.29) is 12.4 Å². The average Bonchev–Trinajstić information content (AvgIpc) is 2.68. The van der Waals surface area contributed by atoms with Gasteiger partial charge in [-0.2, -0.15) is 0 Å². The zero-order valence-electron chi connectivity index (χ0n) is 18.4. The third-order valence-electron chi connectivity index (χ3n) is 5.04. The second-order valence-electron chi connectivity index (χ2n) is 7.83. The van der Waals surface area contributed by atoms with Crippen LogP contribution < -0.4 is 0 Å². The minimum absolute atomic E-state index is 0.000270. The van der Waals surface area contributed by atoms with Crippen molar-refractivity contribution in [2.24, 2.45) is 5.92 Å². The molecular weight excluding hydrogens is 352 g/mol. The summed E-state index contributed by atoms with van der Waals surface area (Å²) in [5.41, 5.74) is 0. The van der Waals surface area contributed by atoms with Crippen LogP contribution >= 0.6 is 0 Å². The Morgan fingerprint density at radius 3 is 1.86 bits per heavy atom. The Hall–Kier alpha value is -1.32. The largest absolute Gasteiger partial charge is 0.481 e. The van der Waals surface area contributed by atoms with Gasteiger partial charge in [-0.3, -0.25) is 9.59 Å². The maximum atomic E-state index is 11.6. The van der Waals surface area contributed by atoms with E-state index in [9.17, 15) is 14.7 Å². The van der Waals surface area contributed by atoms with Gasteiger partial charge in [-0.05, 0) is 38.5 Å². The molecule has 0 aromatic rings. The van der Waals surface area contributed by atoms with Gasteiger partial charge in [0.05, 0.1) is 18.9 Å². The molecule has 0 radical (unpaired) electrons. The van der Waals surface area contributed by atoms with Gasteiger partial charge in [0.1, 0.15) is 0 Å². The second-order valence-corrected chi connectivity index (χ2v) is 7.83. The van der Waals surface area contributed by atoms with Gasteiger partial charge < -0.3 is 9.84 Å². The van der Waals surface area contributed by atoms with Gasteiger partial charge in [-0.25, -0.2) is 0 Å². The molecule has 4 heteroatoms. The number of ether oxygens (including phenoxy) is 1. The van der Waals surface area contributed by atoms with E-state index in [0.29, 0.717) is 13.0 Å². The van der Waals surface area contributed by atoms with E-state index >= 15 is 0 Å². The van der Waals surface area contributed by atoms with Gasteiger partial charge in [-0.15, -0.1) is 0 Å². The van der Waals surface area contributed by atoms with Crippen LogP contribution in [0.4, 0.5) is 0 Å². The Morgan fingerprint density at radius 2 is 1.32 bits per heavy atom. The van der Waals surface area contributed by atoms with E-state index in [4.69, 9.17) is 4.74 Å². The molecule has 0 amide bonds. The highest BCUT2D eigenvalue weighted by molar-refractivity contribution is 5.78. The molecule has 1 atom stereocenters. The number of rotatable bonds is 20. The summed E-state index contributed by atoms with van der Waals surface area (Å²) in [7, 11) is 0. The molecule has 0 saturated heterocycles. The van der Waals surface area contributed by atoms with Crippen LogP contribution in [0.1, 0.15) is 117 Å². The van der Waals surface area contributed by atoms with Crippen LogP contribution in [0.2, 0.25) is 0 Å². The van der Waals surface area contributed by atoms with Crippen molar-refractivity contribution in [3.63, 3.8) is 0 Å². The van der Waals surface area contributed by atoms with E-state index in [1.54, 1.807) is 0 Å². The van der Waals surface area contributed by atoms with Crippen molar-refractivity contribution in [1.29, 1.82) is 0 Å². The highest BCUT2D eigenvalue weighted by atomic mass is 16.5. The Labute approximate surface area is 173 Å². The van der Waals surface area contributed by atoms with E-state index < -0.39 is 11.9 Å². The van der Waals surface area contributed by atoms with Gasteiger partial charge in [0.25, 0.3) is 0 Å². The number of hydrogen-bond donors (Lipinski definition) is 1. The van der Waals surface area contributed by atoms with Gasteiger partial charge >= 0.3 is 11.9 Å². The smallest absolute Gasteiger partial charge is 0.307 e. The van der Waals surface area contributed by atoms with E-state index in [0.717, 1.165) is 25.7 Å². The number of allylic oxidation sites excluding steroid dienone is 2. The van der Waals surface area contributed by atoms with Crippen molar-refractivity contribution in [2.45, 2.75) is 117 Å². The summed E-state index contributed by atoms with van der Waals surface area (Å²) in [6.45, 7) is 4.55. The van der Waals surface area contributed by atoms with Crippen LogP contribution in [0.15, 0.2) is 12.2 Å². The quantitative estimate of drug-likeness (QED) is 0.136. The summed E-state index contributed by atoms with van der Waals surface area (Å²) in [4.78, 5) is 22.9. The topological polar surface area (TPSA) is 63.6 Å². The van der Waals surface area contributed by atoms with Crippen molar-refractivity contribution in [3.05, 3.63) is 12.2 Å². The summed E-state index contributed by atoms with van der Waals surface area (Å²) >= 11 is 0. The summed E-state index contributed by atoms with van der Waals surface area (Å²) < 4.78 is 4.99. The Kier molecular flexibility index (Phi) is 19.5. The van der Waals surface area contributed by atoms with Crippen molar-refractivity contribution in [1.82, 2.24) is 0 Å². The molecule has 164 valence electrons. The molecule has 4 nitrogen and oxygen atoms in total. The third kappa shape index (κ3) is 18.1. The lowest BCUT2D eigenvalue weighted by atomic mass is 9.97. The molecule has 0 aromatic carbocycles. The van der Waals surface area contributed by atoms with Crippen molar-refractivity contribution in [2.75, 3.05) is 6.61 Å². The monoisotopic (exact) mass is 396 g/mol. The minimum Gasteiger partial charge on any atom is -0.481 e. The fourth-order valence-corrected chi connectivity index (χ4v) is 3.25. The molecule has 1 N–H and O–H groups in total. The Balaban J connectivity index is 3.53. The molecule has 0 rings (SSSR count). The maximum Gasteiger partial charge on any atom is 0.307 e. The van der Waals surface area contributed by atoms with Crippen LogP contribution in [0.25, 0.3) is 0 Å². The molecule has 0 bridgehead atoms. The first-order valence-electron chi connectivity index (χ1n) is 11.6. The number of unbranched alkanes of at least 4 members (excludes halogenated alkanes) is 11. The predicted octanol–water partition coefficient (Wildman–Crippen LogP) is 7.07. The fourth-order valence-electron chi connectivity index (χ4n) is 3.25. The standard InChI is InChI=1S/C24H44O4/c1-3-5-6-7-8-9-10-11-12-13-14-15-16-17-18-19-22(24(26)27)21-23(25)28-20-4-2/h10-11,22H,3-9,12-21H2,1-2H3,(H,26,27)/b11-10+. The van der Waals surface area contributed by atoms with Gasteiger partial charge in [0.15, 0.2) is 0 Å². The summed E-state index contributed by atoms with van der Waals surface area (Å²) in [6.07, 6.45) is 21.9. The van der Waals surface area contributed by atoms with Crippen molar-refractivity contribution < 1.29 is 19.4 Å². The molecule has 0 heterocycles. The summed E-state index contributed by atoms with van der Waals surface area (Å²) in [6, 6.07) is 0. The van der Waals surface area contributed by atoms with Gasteiger partial charge in [-0.1, -0.05) is 83.8 Å². The van der Waals surface area contributed by atoms with Crippen LogP contribution in [0.3, 0.4) is 0 Å². The third-order valence-corrected chi connectivity index (χ3v) is 5.04. The van der Waals surface area contributed by atoms with Gasteiger partial charge in [0, 0.05) is 0 Å². The molecule has 0 aliphatic heterocycles. The van der Waals surface area contributed by atoms with Crippen LogP contribution in [-0.2, 0) is 14.3 Å². The van der Waals surface area contributed by atoms with E-state index in [2.05, 4.69) is 19.1 Å². The van der Waals surface area contributed by atoms with Crippen LogP contribution in [0, 0.1) is 5.92 Å². The summed E-state index contributed by atoms with van der Waals surface area (Å²) in [5, 5.41) is 9.25. The zero-order chi connectivity index (χ0) is 20.9. The number of carboxylic acids is 1. The first-order chi connectivity index (χ1) is 13.6. The number of carbonyl (C=O) groups excluding carboxylic acids is 1. The molecule has 0 aromatic heterocycles. The molecule has 0 spiro atoms. The lowest BCUT2D eigenvalue weighted by Gasteiger charge is -2.11. The molecule has 0 aliphatic carbocycles. The second kappa shape index (κ2) is 20.4. The summed E-state index contributed by atoms with van der Waals surface area (Å²) in [5.74, 6) is -1.87.